The SMILES string of the molecule is CC/C=C/C=C/C=C/CCCCCCCC(=O)OCC(COC(=O)CCCCC/C=C/C/C=C/C/C=C/C/C=C/C/C=C/CC)OC(=O)CCCCCCCCCCCCCCCCCCCC. The summed E-state index contributed by atoms with van der Waals surface area (Å²) in [5.74, 6) is -0.945. The van der Waals surface area contributed by atoms with Gasteiger partial charge in [0.05, 0.1) is 0 Å². The highest BCUT2D eigenvalue weighted by molar-refractivity contribution is 5.71. The molecule has 0 radical (unpaired) electrons. The molecular weight excluding hydrogens is 841 g/mol. The van der Waals surface area contributed by atoms with E-state index in [-0.39, 0.29) is 31.1 Å². The van der Waals surface area contributed by atoms with E-state index >= 15 is 0 Å². The minimum atomic E-state index is -0.799. The maximum Gasteiger partial charge on any atom is 0.306 e. The first kappa shape index (κ1) is 64.3. The molecule has 68 heavy (non-hydrogen) atoms. The second-order valence-electron chi connectivity index (χ2n) is 18.5. The van der Waals surface area contributed by atoms with Crippen LogP contribution in [0.2, 0.25) is 0 Å². The zero-order chi connectivity index (χ0) is 49.3. The van der Waals surface area contributed by atoms with Gasteiger partial charge in [0.2, 0.25) is 0 Å². The first-order chi connectivity index (χ1) is 33.5. The predicted octanol–water partition coefficient (Wildman–Crippen LogP) is 18.9. The molecule has 0 fully saturated rings. The topological polar surface area (TPSA) is 78.9 Å². The Balaban J connectivity index is 4.44. The largest absolute Gasteiger partial charge is 0.462 e. The Morgan fingerprint density at radius 3 is 1.07 bits per heavy atom. The highest BCUT2D eigenvalue weighted by Gasteiger charge is 2.19. The number of esters is 3. The summed E-state index contributed by atoms with van der Waals surface area (Å²) in [5.41, 5.74) is 0. The van der Waals surface area contributed by atoms with Crippen molar-refractivity contribution in [2.24, 2.45) is 0 Å². The predicted molar refractivity (Wildman–Crippen MR) is 293 cm³/mol. The van der Waals surface area contributed by atoms with Crippen LogP contribution in [0.4, 0.5) is 0 Å². The van der Waals surface area contributed by atoms with E-state index in [1.165, 1.54) is 96.3 Å². The molecule has 0 aliphatic heterocycles. The molecule has 0 aromatic carbocycles. The molecule has 1 atom stereocenters. The molecule has 0 saturated heterocycles. The summed E-state index contributed by atoms with van der Waals surface area (Å²) in [7, 11) is 0. The number of unbranched alkanes of at least 4 members (excludes halogenated alkanes) is 25. The van der Waals surface area contributed by atoms with Gasteiger partial charge >= 0.3 is 17.9 Å². The number of carbonyl (C=O) groups excluding carboxylic acids is 3. The van der Waals surface area contributed by atoms with E-state index in [0.717, 1.165) is 122 Å². The van der Waals surface area contributed by atoms with Crippen molar-refractivity contribution in [3.8, 4) is 0 Å². The van der Waals surface area contributed by atoms with Crippen molar-refractivity contribution in [3.05, 3.63) is 97.2 Å². The fourth-order valence-electron chi connectivity index (χ4n) is 7.70. The van der Waals surface area contributed by atoms with Gasteiger partial charge in [-0.3, -0.25) is 14.4 Å². The van der Waals surface area contributed by atoms with Crippen molar-refractivity contribution in [1.82, 2.24) is 0 Å². The zero-order valence-corrected chi connectivity index (χ0v) is 44.3. The number of allylic oxidation sites excluding steroid dienone is 16. The highest BCUT2D eigenvalue weighted by atomic mass is 16.6. The number of hydrogen-bond donors (Lipinski definition) is 0. The summed E-state index contributed by atoms with van der Waals surface area (Å²) in [6.07, 6.45) is 74.0. The van der Waals surface area contributed by atoms with E-state index < -0.39 is 6.10 Å². The van der Waals surface area contributed by atoms with E-state index in [1.807, 2.05) is 0 Å². The highest BCUT2D eigenvalue weighted by Crippen LogP contribution is 2.16. The Hall–Kier alpha value is -3.67. The number of ether oxygens (including phenoxy) is 3. The first-order valence-corrected chi connectivity index (χ1v) is 28.3. The van der Waals surface area contributed by atoms with Crippen LogP contribution in [0, 0.1) is 0 Å². The molecule has 1 unspecified atom stereocenters. The molecule has 388 valence electrons. The molecule has 6 nitrogen and oxygen atoms in total. The van der Waals surface area contributed by atoms with Gasteiger partial charge in [-0.15, -0.1) is 0 Å². The van der Waals surface area contributed by atoms with Gasteiger partial charge in [-0.2, -0.15) is 0 Å². The van der Waals surface area contributed by atoms with Gasteiger partial charge in [0.15, 0.2) is 6.10 Å². The molecule has 0 spiro atoms. The van der Waals surface area contributed by atoms with Gasteiger partial charge in [-0.1, -0.05) is 253 Å². The molecule has 0 aromatic heterocycles. The Morgan fingerprint density at radius 1 is 0.324 bits per heavy atom. The van der Waals surface area contributed by atoms with Crippen LogP contribution in [-0.2, 0) is 28.6 Å². The molecule has 0 heterocycles. The smallest absolute Gasteiger partial charge is 0.306 e. The van der Waals surface area contributed by atoms with Gasteiger partial charge in [-0.25, -0.2) is 0 Å². The molecule has 0 amide bonds. The molecule has 0 saturated carbocycles. The lowest BCUT2D eigenvalue weighted by molar-refractivity contribution is -0.167. The molecule has 0 bridgehead atoms. The number of carbonyl (C=O) groups is 3. The van der Waals surface area contributed by atoms with Gasteiger partial charge < -0.3 is 14.2 Å². The minimum Gasteiger partial charge on any atom is -0.462 e. The van der Waals surface area contributed by atoms with Crippen LogP contribution in [0.1, 0.15) is 258 Å². The van der Waals surface area contributed by atoms with Crippen molar-refractivity contribution >= 4 is 17.9 Å². The third kappa shape index (κ3) is 53.3. The van der Waals surface area contributed by atoms with Crippen molar-refractivity contribution < 1.29 is 28.6 Å². The van der Waals surface area contributed by atoms with Crippen LogP contribution in [0.3, 0.4) is 0 Å². The van der Waals surface area contributed by atoms with E-state index in [4.69, 9.17) is 14.2 Å². The molecule has 0 aliphatic rings. The Morgan fingerprint density at radius 2 is 0.647 bits per heavy atom. The molecule has 6 heteroatoms. The van der Waals surface area contributed by atoms with Gasteiger partial charge in [0.1, 0.15) is 13.2 Å². The fourth-order valence-corrected chi connectivity index (χ4v) is 7.70. The van der Waals surface area contributed by atoms with Crippen LogP contribution in [0.15, 0.2) is 97.2 Å². The summed E-state index contributed by atoms with van der Waals surface area (Å²) in [4.78, 5) is 38.1. The van der Waals surface area contributed by atoms with Crippen molar-refractivity contribution in [1.29, 1.82) is 0 Å². The van der Waals surface area contributed by atoms with Gasteiger partial charge in [0, 0.05) is 19.3 Å². The first-order valence-electron chi connectivity index (χ1n) is 28.3. The van der Waals surface area contributed by atoms with Crippen molar-refractivity contribution in [2.75, 3.05) is 13.2 Å². The maximum absolute atomic E-state index is 12.9. The zero-order valence-electron chi connectivity index (χ0n) is 44.3. The fraction of sp³-hybridized carbons (Fsp3) is 0.694. The van der Waals surface area contributed by atoms with E-state index in [2.05, 4.69) is 118 Å². The maximum atomic E-state index is 12.9. The summed E-state index contributed by atoms with van der Waals surface area (Å²) in [6.45, 7) is 6.36. The quantitative estimate of drug-likeness (QED) is 0.0199. The average Bonchev–Trinajstić information content (AvgIpc) is 3.34. The summed E-state index contributed by atoms with van der Waals surface area (Å²) < 4.78 is 16.8. The van der Waals surface area contributed by atoms with Crippen LogP contribution < -0.4 is 0 Å². The minimum absolute atomic E-state index is 0.0980. The number of hydrogen-bond acceptors (Lipinski definition) is 6. The second-order valence-corrected chi connectivity index (χ2v) is 18.5. The third-order valence-electron chi connectivity index (χ3n) is 11.9. The third-order valence-corrected chi connectivity index (χ3v) is 11.9. The van der Waals surface area contributed by atoms with E-state index in [9.17, 15) is 14.4 Å². The van der Waals surface area contributed by atoms with Crippen LogP contribution in [0.25, 0.3) is 0 Å². The second kappa shape index (κ2) is 55.9. The number of rotatable bonds is 50. The van der Waals surface area contributed by atoms with Crippen molar-refractivity contribution in [2.45, 2.75) is 264 Å². The Labute approximate surface area is 419 Å². The van der Waals surface area contributed by atoms with Gasteiger partial charge in [0.25, 0.3) is 0 Å². The standard InChI is InChI=1S/C62H104O6/c1-4-7-10-13-16-19-22-25-27-29-31-33-34-37-40-43-46-49-52-55-61(64)67-58-59(57-66-60(63)54-51-48-45-42-39-36-24-21-18-15-12-9-6-3)68-62(65)56-53-50-47-44-41-38-35-32-30-28-26-23-20-17-14-11-8-5-2/h7,9-10,12,15-16,18-19,21,24-25,27,31,33,37,40,59H,4-6,8,11,13-14,17,20,22-23,26,28-30,32,34-36,38-39,41-58H2,1-3H3/b10-7+,12-9+,18-15+,19-16+,24-21+,27-25+,33-31+,40-37+. The molecule has 0 rings (SSSR count). The lowest BCUT2D eigenvalue weighted by Crippen LogP contribution is -2.30. The molecule has 0 aliphatic carbocycles. The van der Waals surface area contributed by atoms with Crippen molar-refractivity contribution in [3.63, 3.8) is 0 Å². The van der Waals surface area contributed by atoms with E-state index in [1.54, 1.807) is 0 Å². The summed E-state index contributed by atoms with van der Waals surface area (Å²) in [6, 6.07) is 0. The Bertz CT molecular complexity index is 1360. The lowest BCUT2D eigenvalue weighted by atomic mass is 10.0. The normalized spacial score (nSPS) is 12.8. The monoisotopic (exact) mass is 945 g/mol. The average molecular weight is 946 g/mol. The lowest BCUT2D eigenvalue weighted by Gasteiger charge is -2.18. The van der Waals surface area contributed by atoms with Crippen LogP contribution in [-0.4, -0.2) is 37.2 Å². The summed E-state index contributed by atoms with van der Waals surface area (Å²) >= 11 is 0. The molecule has 0 aromatic rings. The molecule has 0 N–H and O–H groups in total. The summed E-state index contributed by atoms with van der Waals surface area (Å²) in [5, 5.41) is 0. The Kier molecular flexibility index (Phi) is 52.9. The molecular formula is C62H104O6. The van der Waals surface area contributed by atoms with E-state index in [0.29, 0.717) is 19.3 Å². The van der Waals surface area contributed by atoms with Crippen LogP contribution in [0.5, 0.6) is 0 Å². The van der Waals surface area contributed by atoms with Crippen LogP contribution >= 0.6 is 0 Å². The van der Waals surface area contributed by atoms with Gasteiger partial charge in [-0.05, 0) is 83.5 Å².